The average Bonchev–Trinajstić information content (AvgIpc) is 2.89. The molecule has 0 spiro atoms. The van der Waals surface area contributed by atoms with Gasteiger partial charge in [0.25, 0.3) is 0 Å². The molecule has 0 aliphatic carbocycles. The van der Waals surface area contributed by atoms with Gasteiger partial charge in [-0.25, -0.2) is 4.98 Å². The highest BCUT2D eigenvalue weighted by molar-refractivity contribution is 6.30. The number of aromatic nitrogens is 1. The fraction of sp³-hybridized carbons (Fsp3) is 0.500. The zero-order chi connectivity index (χ0) is 16.4. The summed E-state index contributed by atoms with van der Waals surface area (Å²) >= 11 is 5.94. The maximum Gasteiger partial charge on any atom is 0.209 e. The van der Waals surface area contributed by atoms with E-state index in [-0.39, 0.29) is 12.1 Å². The van der Waals surface area contributed by atoms with Gasteiger partial charge in [0.05, 0.1) is 18.3 Å². The molecule has 1 saturated heterocycles. The van der Waals surface area contributed by atoms with Crippen LogP contribution < -0.4 is 0 Å². The first-order valence-corrected chi connectivity index (χ1v) is 8.57. The van der Waals surface area contributed by atoms with Crippen molar-refractivity contribution in [3.63, 3.8) is 0 Å². The van der Waals surface area contributed by atoms with E-state index in [9.17, 15) is 5.11 Å². The highest BCUT2D eigenvalue weighted by Crippen LogP contribution is 2.28. The summed E-state index contributed by atoms with van der Waals surface area (Å²) in [7, 11) is 0. The molecule has 0 amide bonds. The fourth-order valence-electron chi connectivity index (χ4n) is 3.32. The molecule has 0 radical (unpaired) electrons. The van der Waals surface area contributed by atoms with Gasteiger partial charge in [0.15, 0.2) is 5.76 Å². The smallest absolute Gasteiger partial charge is 0.209 e. The Morgan fingerprint density at radius 2 is 2.09 bits per heavy atom. The van der Waals surface area contributed by atoms with Gasteiger partial charge in [-0.3, -0.25) is 4.90 Å². The van der Waals surface area contributed by atoms with Crippen molar-refractivity contribution in [3.05, 3.63) is 40.9 Å². The quantitative estimate of drug-likeness (QED) is 0.916. The van der Waals surface area contributed by atoms with Crippen LogP contribution in [0.2, 0.25) is 5.02 Å². The molecule has 4 nitrogen and oxygen atoms in total. The van der Waals surface area contributed by atoms with E-state index in [2.05, 4.69) is 9.88 Å². The molecule has 5 heteroatoms. The minimum atomic E-state index is -0.331. The Morgan fingerprint density at radius 3 is 2.78 bits per heavy atom. The predicted molar refractivity (Wildman–Crippen MR) is 91.4 cm³/mol. The van der Waals surface area contributed by atoms with Gasteiger partial charge in [0, 0.05) is 16.6 Å². The average molecular weight is 335 g/mol. The summed E-state index contributed by atoms with van der Waals surface area (Å²) in [5.41, 5.74) is 1.87. The molecule has 124 valence electrons. The lowest BCUT2D eigenvalue weighted by atomic mass is 9.98. The third-order valence-electron chi connectivity index (χ3n) is 4.51. The number of piperidine rings is 1. The SMILES string of the molecule is Cc1nc(CN2CCCCC2C(C)O)oc1-c1ccc(Cl)cc1. The van der Waals surface area contributed by atoms with Crippen molar-refractivity contribution in [3.8, 4) is 11.3 Å². The Bertz CT molecular complexity index is 652. The number of nitrogens with zero attached hydrogens (tertiary/aromatic N) is 2. The number of aliphatic hydroxyl groups is 1. The summed E-state index contributed by atoms with van der Waals surface area (Å²) in [6.07, 6.45) is 3.03. The van der Waals surface area contributed by atoms with Crippen molar-refractivity contribution in [2.24, 2.45) is 0 Å². The molecule has 0 saturated carbocycles. The lowest BCUT2D eigenvalue weighted by molar-refractivity contribution is 0.0271. The molecule has 2 heterocycles. The first-order valence-electron chi connectivity index (χ1n) is 8.19. The highest BCUT2D eigenvalue weighted by atomic mass is 35.5. The number of aryl methyl sites for hydroxylation is 1. The molecule has 1 aromatic heterocycles. The third-order valence-corrected chi connectivity index (χ3v) is 4.76. The van der Waals surface area contributed by atoms with E-state index >= 15 is 0 Å². The van der Waals surface area contributed by atoms with Crippen LogP contribution in [-0.4, -0.2) is 33.7 Å². The second kappa shape index (κ2) is 7.04. The Labute approximate surface area is 142 Å². The van der Waals surface area contributed by atoms with Crippen LogP contribution in [0.3, 0.4) is 0 Å². The maximum absolute atomic E-state index is 9.98. The minimum Gasteiger partial charge on any atom is -0.439 e. The first-order chi connectivity index (χ1) is 11.0. The van der Waals surface area contributed by atoms with Crippen molar-refractivity contribution >= 4 is 11.6 Å². The van der Waals surface area contributed by atoms with Gasteiger partial charge in [-0.15, -0.1) is 0 Å². The maximum atomic E-state index is 9.98. The number of oxazole rings is 1. The standard InChI is InChI=1S/C18H23ClN2O2/c1-12-18(14-6-8-15(19)9-7-14)23-17(20-12)11-21-10-4-3-5-16(21)13(2)22/h6-9,13,16,22H,3-5,10-11H2,1-2H3. The number of rotatable bonds is 4. The summed E-state index contributed by atoms with van der Waals surface area (Å²) in [4.78, 5) is 6.86. The normalized spacial score (nSPS) is 20.6. The zero-order valence-corrected chi connectivity index (χ0v) is 14.4. The molecule has 23 heavy (non-hydrogen) atoms. The van der Waals surface area contributed by atoms with E-state index in [1.165, 1.54) is 6.42 Å². The number of hydrogen-bond donors (Lipinski definition) is 1. The van der Waals surface area contributed by atoms with E-state index in [0.29, 0.717) is 17.5 Å². The molecular formula is C18H23ClN2O2. The molecule has 0 bridgehead atoms. The van der Waals surface area contributed by atoms with Crippen LogP contribution in [0.15, 0.2) is 28.7 Å². The largest absolute Gasteiger partial charge is 0.439 e. The second-order valence-electron chi connectivity index (χ2n) is 6.30. The first kappa shape index (κ1) is 16.5. The molecule has 3 rings (SSSR count). The van der Waals surface area contributed by atoms with Crippen LogP contribution in [0, 0.1) is 6.92 Å². The lowest BCUT2D eigenvalue weighted by Crippen LogP contribution is -2.45. The van der Waals surface area contributed by atoms with Crippen molar-refractivity contribution in [2.45, 2.75) is 51.8 Å². The molecule has 2 atom stereocenters. The topological polar surface area (TPSA) is 49.5 Å². The number of likely N-dealkylation sites (tertiary alicyclic amines) is 1. The van der Waals surface area contributed by atoms with Crippen molar-refractivity contribution < 1.29 is 9.52 Å². The fourth-order valence-corrected chi connectivity index (χ4v) is 3.45. The Kier molecular flexibility index (Phi) is 5.05. The van der Waals surface area contributed by atoms with Gasteiger partial charge in [-0.05, 0) is 57.5 Å². The van der Waals surface area contributed by atoms with Gasteiger partial charge in [-0.1, -0.05) is 18.0 Å². The Morgan fingerprint density at radius 1 is 1.35 bits per heavy atom. The van der Waals surface area contributed by atoms with Gasteiger partial charge in [0.1, 0.15) is 0 Å². The van der Waals surface area contributed by atoms with E-state index < -0.39 is 0 Å². The molecule has 1 aliphatic rings. The number of halogens is 1. The summed E-state index contributed by atoms with van der Waals surface area (Å²) < 4.78 is 5.99. The van der Waals surface area contributed by atoms with Crippen LogP contribution in [0.5, 0.6) is 0 Å². The van der Waals surface area contributed by atoms with Crippen LogP contribution in [-0.2, 0) is 6.54 Å². The minimum absolute atomic E-state index is 0.190. The van der Waals surface area contributed by atoms with Crippen molar-refractivity contribution in [2.75, 3.05) is 6.54 Å². The molecule has 1 aliphatic heterocycles. The van der Waals surface area contributed by atoms with E-state index in [4.69, 9.17) is 16.0 Å². The van der Waals surface area contributed by atoms with E-state index in [1.807, 2.05) is 38.1 Å². The van der Waals surface area contributed by atoms with E-state index in [1.54, 1.807) is 0 Å². The third kappa shape index (κ3) is 3.77. The highest BCUT2D eigenvalue weighted by Gasteiger charge is 2.27. The summed E-state index contributed by atoms with van der Waals surface area (Å²) in [6, 6.07) is 7.78. The predicted octanol–water partition coefficient (Wildman–Crippen LogP) is 4.04. The molecule has 1 aromatic carbocycles. The van der Waals surface area contributed by atoms with Crippen LogP contribution in [0.4, 0.5) is 0 Å². The zero-order valence-electron chi connectivity index (χ0n) is 13.6. The summed E-state index contributed by atoms with van der Waals surface area (Å²) in [5.74, 6) is 1.50. The number of aliphatic hydroxyl groups excluding tert-OH is 1. The summed E-state index contributed by atoms with van der Waals surface area (Å²) in [6.45, 7) is 5.44. The van der Waals surface area contributed by atoms with Crippen LogP contribution >= 0.6 is 11.6 Å². The molecular weight excluding hydrogens is 312 g/mol. The van der Waals surface area contributed by atoms with E-state index in [0.717, 1.165) is 36.4 Å². The summed E-state index contributed by atoms with van der Waals surface area (Å²) in [5, 5.41) is 10.7. The van der Waals surface area contributed by atoms with Crippen LogP contribution in [0.25, 0.3) is 11.3 Å². The van der Waals surface area contributed by atoms with Gasteiger partial charge < -0.3 is 9.52 Å². The second-order valence-corrected chi connectivity index (χ2v) is 6.74. The number of hydrogen-bond acceptors (Lipinski definition) is 4. The molecule has 1 fully saturated rings. The molecule has 1 N–H and O–H groups in total. The number of benzene rings is 1. The van der Waals surface area contributed by atoms with Gasteiger partial charge in [0.2, 0.25) is 5.89 Å². The molecule has 2 unspecified atom stereocenters. The van der Waals surface area contributed by atoms with Gasteiger partial charge in [-0.2, -0.15) is 0 Å². The monoisotopic (exact) mass is 334 g/mol. The van der Waals surface area contributed by atoms with Crippen LogP contribution in [0.1, 0.15) is 37.8 Å². The molecule has 2 aromatic rings. The Balaban J connectivity index is 1.79. The van der Waals surface area contributed by atoms with Gasteiger partial charge >= 0.3 is 0 Å². The van der Waals surface area contributed by atoms with Crippen molar-refractivity contribution in [1.29, 1.82) is 0 Å². The lowest BCUT2D eigenvalue weighted by Gasteiger charge is -2.36. The Hall–Kier alpha value is -1.36. The van der Waals surface area contributed by atoms with Crippen molar-refractivity contribution in [1.82, 2.24) is 9.88 Å².